The van der Waals surface area contributed by atoms with Crippen molar-refractivity contribution in [2.75, 3.05) is 13.1 Å². The predicted octanol–water partition coefficient (Wildman–Crippen LogP) is 1.72. The largest absolute Gasteiger partial charge is 0.508 e. The number of tetrazole rings is 1. The molecule has 1 aromatic heterocycles. The molecule has 1 amide bonds. The van der Waals surface area contributed by atoms with E-state index in [0.29, 0.717) is 18.2 Å². The van der Waals surface area contributed by atoms with E-state index in [4.69, 9.17) is 0 Å². The lowest BCUT2D eigenvalue weighted by atomic mass is 10.3. The van der Waals surface area contributed by atoms with Crippen LogP contribution in [0.3, 0.4) is 0 Å². The normalized spacial score (nSPS) is 12.1. The molecule has 7 nitrogen and oxygen atoms in total. The first kappa shape index (κ1) is 16.3. The fourth-order valence-electron chi connectivity index (χ4n) is 2.01. The standard InChI is InChI=1S/C14H19N5O2S/c1-4-18(5-2)13(21)10(3)22-14-15-16-17-19(14)11-6-8-12(20)9-7-11/h6-10,20H,4-5H2,1-3H3. The Bertz CT molecular complexity index is 624. The molecule has 0 aliphatic carbocycles. The third-order valence-corrected chi connectivity index (χ3v) is 4.26. The molecule has 8 heteroatoms. The summed E-state index contributed by atoms with van der Waals surface area (Å²) in [6.07, 6.45) is 0. The summed E-state index contributed by atoms with van der Waals surface area (Å²) < 4.78 is 1.55. The van der Waals surface area contributed by atoms with Crippen LogP contribution < -0.4 is 0 Å². The van der Waals surface area contributed by atoms with Crippen molar-refractivity contribution in [3.05, 3.63) is 24.3 Å². The second-order valence-electron chi connectivity index (χ2n) is 4.66. The number of benzene rings is 1. The van der Waals surface area contributed by atoms with Gasteiger partial charge >= 0.3 is 0 Å². The molecular formula is C14H19N5O2S. The number of carbonyl (C=O) groups is 1. The first-order chi connectivity index (χ1) is 10.6. The Morgan fingerprint density at radius 1 is 1.32 bits per heavy atom. The Morgan fingerprint density at radius 2 is 1.95 bits per heavy atom. The van der Waals surface area contributed by atoms with Gasteiger partial charge in [0.25, 0.3) is 0 Å². The average molecular weight is 321 g/mol. The number of rotatable bonds is 6. The average Bonchev–Trinajstić information content (AvgIpc) is 2.97. The Balaban J connectivity index is 2.16. The van der Waals surface area contributed by atoms with Crippen molar-refractivity contribution in [3.8, 4) is 11.4 Å². The van der Waals surface area contributed by atoms with Crippen LogP contribution in [0.2, 0.25) is 0 Å². The molecule has 0 fully saturated rings. The van der Waals surface area contributed by atoms with Crippen LogP contribution in [0.4, 0.5) is 0 Å². The first-order valence-corrected chi connectivity index (χ1v) is 7.98. The van der Waals surface area contributed by atoms with Crippen molar-refractivity contribution in [1.82, 2.24) is 25.1 Å². The van der Waals surface area contributed by atoms with Gasteiger partial charge in [0, 0.05) is 13.1 Å². The van der Waals surface area contributed by atoms with E-state index in [-0.39, 0.29) is 16.9 Å². The second kappa shape index (κ2) is 7.26. The zero-order chi connectivity index (χ0) is 16.1. The van der Waals surface area contributed by atoms with Gasteiger partial charge in [0.15, 0.2) is 0 Å². The summed E-state index contributed by atoms with van der Waals surface area (Å²) in [6.45, 7) is 7.13. The number of aromatic nitrogens is 4. The highest BCUT2D eigenvalue weighted by atomic mass is 32.2. The molecule has 0 aliphatic heterocycles. The number of amides is 1. The van der Waals surface area contributed by atoms with E-state index in [0.717, 1.165) is 5.69 Å². The summed E-state index contributed by atoms with van der Waals surface area (Å²) in [4.78, 5) is 14.1. The van der Waals surface area contributed by atoms with Gasteiger partial charge in [-0.15, -0.1) is 5.10 Å². The quantitative estimate of drug-likeness (QED) is 0.816. The SMILES string of the molecule is CCN(CC)C(=O)C(C)Sc1nnnn1-c1ccc(O)cc1. The van der Waals surface area contributed by atoms with Gasteiger partial charge in [0.05, 0.1) is 10.9 Å². The number of aromatic hydroxyl groups is 1. The van der Waals surface area contributed by atoms with Crippen LogP contribution in [0.5, 0.6) is 5.75 Å². The van der Waals surface area contributed by atoms with Crippen LogP contribution in [0.25, 0.3) is 5.69 Å². The maximum atomic E-state index is 12.3. The molecule has 2 rings (SSSR count). The van der Waals surface area contributed by atoms with Crippen molar-refractivity contribution in [2.45, 2.75) is 31.2 Å². The maximum absolute atomic E-state index is 12.3. The molecule has 1 aromatic carbocycles. The number of phenolic OH excluding ortho intramolecular Hbond substituents is 1. The lowest BCUT2D eigenvalue weighted by molar-refractivity contribution is -0.129. The van der Waals surface area contributed by atoms with Crippen molar-refractivity contribution >= 4 is 17.7 Å². The van der Waals surface area contributed by atoms with Crippen molar-refractivity contribution in [3.63, 3.8) is 0 Å². The monoisotopic (exact) mass is 321 g/mol. The molecule has 22 heavy (non-hydrogen) atoms. The molecule has 0 aliphatic rings. The van der Waals surface area contributed by atoms with Crippen LogP contribution in [-0.4, -0.2) is 54.5 Å². The third-order valence-electron chi connectivity index (χ3n) is 3.24. The molecule has 0 bridgehead atoms. The van der Waals surface area contributed by atoms with Gasteiger partial charge in [-0.05, 0) is 55.5 Å². The molecule has 1 atom stereocenters. The smallest absolute Gasteiger partial charge is 0.235 e. The highest BCUT2D eigenvalue weighted by molar-refractivity contribution is 8.00. The second-order valence-corrected chi connectivity index (χ2v) is 5.97. The van der Waals surface area contributed by atoms with Gasteiger partial charge in [0.1, 0.15) is 5.75 Å². The summed E-state index contributed by atoms with van der Waals surface area (Å²) in [5, 5.41) is 21.2. The van der Waals surface area contributed by atoms with Crippen LogP contribution in [-0.2, 0) is 4.79 Å². The van der Waals surface area contributed by atoms with Gasteiger partial charge in [-0.25, -0.2) is 0 Å². The minimum absolute atomic E-state index is 0.0651. The Kier molecular flexibility index (Phi) is 5.37. The van der Waals surface area contributed by atoms with Crippen molar-refractivity contribution in [1.29, 1.82) is 0 Å². The summed E-state index contributed by atoms with van der Waals surface area (Å²) in [7, 11) is 0. The minimum Gasteiger partial charge on any atom is -0.508 e. The predicted molar refractivity (Wildman–Crippen MR) is 84.1 cm³/mol. The molecule has 118 valence electrons. The number of hydrogen-bond donors (Lipinski definition) is 1. The fraction of sp³-hybridized carbons (Fsp3) is 0.429. The number of carbonyl (C=O) groups excluding carboxylic acids is 1. The van der Waals surface area contributed by atoms with Gasteiger partial charge in [0.2, 0.25) is 11.1 Å². The Labute approximate surface area is 133 Å². The minimum atomic E-state index is -0.276. The molecule has 0 saturated heterocycles. The van der Waals surface area contributed by atoms with E-state index in [2.05, 4.69) is 15.5 Å². The highest BCUT2D eigenvalue weighted by Crippen LogP contribution is 2.24. The summed E-state index contributed by atoms with van der Waals surface area (Å²) in [6, 6.07) is 6.56. The van der Waals surface area contributed by atoms with Crippen LogP contribution in [0.15, 0.2) is 29.4 Å². The number of nitrogens with zero attached hydrogens (tertiary/aromatic N) is 5. The summed E-state index contributed by atoms with van der Waals surface area (Å²) in [5.74, 6) is 0.242. The van der Waals surface area contributed by atoms with E-state index in [1.807, 2.05) is 20.8 Å². The molecule has 0 spiro atoms. The van der Waals surface area contributed by atoms with E-state index < -0.39 is 0 Å². The Hall–Kier alpha value is -2.09. The topological polar surface area (TPSA) is 84.1 Å². The van der Waals surface area contributed by atoms with Crippen molar-refractivity contribution < 1.29 is 9.90 Å². The summed E-state index contributed by atoms with van der Waals surface area (Å²) in [5.41, 5.74) is 0.729. The highest BCUT2D eigenvalue weighted by Gasteiger charge is 2.22. The first-order valence-electron chi connectivity index (χ1n) is 7.10. The fourth-order valence-corrected chi connectivity index (χ4v) is 2.90. The van der Waals surface area contributed by atoms with Crippen LogP contribution in [0.1, 0.15) is 20.8 Å². The van der Waals surface area contributed by atoms with E-state index >= 15 is 0 Å². The molecule has 1 N–H and O–H groups in total. The maximum Gasteiger partial charge on any atom is 0.235 e. The molecule has 1 unspecified atom stereocenters. The lowest BCUT2D eigenvalue weighted by Gasteiger charge is -2.22. The zero-order valence-electron chi connectivity index (χ0n) is 12.8. The Morgan fingerprint density at radius 3 is 2.55 bits per heavy atom. The van der Waals surface area contributed by atoms with E-state index in [1.54, 1.807) is 33.8 Å². The molecule has 1 heterocycles. The number of phenols is 1. The van der Waals surface area contributed by atoms with Crippen molar-refractivity contribution in [2.24, 2.45) is 0 Å². The van der Waals surface area contributed by atoms with Gasteiger partial charge < -0.3 is 10.0 Å². The summed E-state index contributed by atoms with van der Waals surface area (Å²) >= 11 is 1.32. The van der Waals surface area contributed by atoms with Crippen LogP contribution in [0, 0.1) is 0 Å². The number of hydrogen-bond acceptors (Lipinski definition) is 6. The van der Waals surface area contributed by atoms with E-state index in [1.165, 1.54) is 11.8 Å². The van der Waals surface area contributed by atoms with Gasteiger partial charge in [-0.2, -0.15) is 4.68 Å². The van der Waals surface area contributed by atoms with E-state index in [9.17, 15) is 9.90 Å². The molecule has 0 radical (unpaired) electrons. The zero-order valence-corrected chi connectivity index (χ0v) is 13.6. The third kappa shape index (κ3) is 3.56. The molecule has 2 aromatic rings. The number of thioether (sulfide) groups is 1. The van der Waals surface area contributed by atoms with Gasteiger partial charge in [-0.3, -0.25) is 4.79 Å². The lowest BCUT2D eigenvalue weighted by Crippen LogP contribution is -2.36. The molecular weight excluding hydrogens is 302 g/mol. The van der Waals surface area contributed by atoms with Gasteiger partial charge in [-0.1, -0.05) is 11.8 Å². The van der Waals surface area contributed by atoms with Crippen LogP contribution >= 0.6 is 11.8 Å². The molecule has 0 saturated carbocycles.